The van der Waals surface area contributed by atoms with Crippen molar-refractivity contribution in [2.24, 2.45) is 0 Å². The molecule has 0 aliphatic heterocycles. The molecule has 1 amide bonds. The number of ether oxygens (including phenoxy) is 3. The summed E-state index contributed by atoms with van der Waals surface area (Å²) in [6.45, 7) is 1.33. The number of carboxylic acids is 1. The van der Waals surface area contributed by atoms with E-state index in [2.05, 4.69) is 29.6 Å². The molecule has 0 radical (unpaired) electrons. The van der Waals surface area contributed by atoms with E-state index in [0.717, 1.165) is 30.4 Å². The van der Waals surface area contributed by atoms with Crippen molar-refractivity contribution in [1.29, 1.82) is 0 Å². The lowest BCUT2D eigenvalue weighted by molar-refractivity contribution is -0.139. The van der Waals surface area contributed by atoms with E-state index in [9.17, 15) is 14.7 Å². The topological polar surface area (TPSA) is 94.1 Å². The maximum absolute atomic E-state index is 12.8. The van der Waals surface area contributed by atoms with Crippen molar-refractivity contribution in [3.8, 4) is 11.5 Å². The standard InChI is InChI=1S/C35H35NO6/c37-34(36-33(35(38)39)22-25-10-15-31(16-11-25)42-24-26-6-2-1-3-7-26)28-13-17-30(18-14-28)40-20-21-41-32-19-12-27-8-4-5-9-29(27)23-32/h1-11,13-18,32-33H,12,19-24H2,(H,36,37)(H,38,39)/t32?,33-/m0/s1. The highest BCUT2D eigenvalue weighted by Crippen LogP contribution is 2.23. The molecule has 7 heteroatoms. The highest BCUT2D eigenvalue weighted by Gasteiger charge is 2.22. The molecule has 0 fully saturated rings. The number of rotatable bonds is 13. The monoisotopic (exact) mass is 565 g/mol. The Labute approximate surface area is 246 Å². The smallest absolute Gasteiger partial charge is 0.326 e. The molecule has 5 rings (SSSR count). The van der Waals surface area contributed by atoms with Crippen LogP contribution in [0.2, 0.25) is 0 Å². The third kappa shape index (κ3) is 8.21. The number of carbonyl (C=O) groups excluding carboxylic acids is 1. The fourth-order valence-electron chi connectivity index (χ4n) is 5.02. The van der Waals surface area contributed by atoms with Crippen molar-refractivity contribution in [2.75, 3.05) is 13.2 Å². The van der Waals surface area contributed by atoms with Crippen molar-refractivity contribution in [2.45, 2.75) is 44.4 Å². The van der Waals surface area contributed by atoms with Crippen molar-refractivity contribution in [3.63, 3.8) is 0 Å². The minimum Gasteiger partial charge on any atom is -0.491 e. The van der Waals surface area contributed by atoms with Gasteiger partial charge < -0.3 is 24.6 Å². The summed E-state index contributed by atoms with van der Waals surface area (Å²) in [6, 6.07) is 31.2. The van der Waals surface area contributed by atoms with Gasteiger partial charge in [-0.3, -0.25) is 4.79 Å². The van der Waals surface area contributed by atoms with Gasteiger partial charge in [-0.15, -0.1) is 0 Å². The number of aryl methyl sites for hydroxylation is 1. The van der Waals surface area contributed by atoms with E-state index >= 15 is 0 Å². The Kier molecular flexibility index (Phi) is 9.86. The van der Waals surface area contributed by atoms with Gasteiger partial charge in [0.25, 0.3) is 5.91 Å². The van der Waals surface area contributed by atoms with Crippen molar-refractivity contribution >= 4 is 11.9 Å². The summed E-state index contributed by atoms with van der Waals surface area (Å²) in [5.74, 6) is -0.257. The van der Waals surface area contributed by atoms with E-state index in [1.165, 1.54) is 11.1 Å². The second-order valence-electron chi connectivity index (χ2n) is 10.4. The van der Waals surface area contributed by atoms with Crippen LogP contribution in [0.5, 0.6) is 11.5 Å². The van der Waals surface area contributed by atoms with E-state index in [-0.39, 0.29) is 12.5 Å². The molecule has 216 valence electrons. The predicted molar refractivity (Wildman–Crippen MR) is 160 cm³/mol. The predicted octanol–water partition coefficient (Wildman–Crippen LogP) is 5.64. The van der Waals surface area contributed by atoms with Crippen LogP contribution in [0.1, 0.15) is 39.0 Å². The maximum atomic E-state index is 12.8. The molecule has 0 spiro atoms. The van der Waals surface area contributed by atoms with Crippen LogP contribution in [0.4, 0.5) is 0 Å². The molecule has 1 aliphatic rings. The summed E-state index contributed by atoms with van der Waals surface area (Å²) in [7, 11) is 0. The second kappa shape index (κ2) is 14.3. The Balaban J connectivity index is 1.05. The first kappa shape index (κ1) is 28.9. The highest BCUT2D eigenvalue weighted by molar-refractivity contribution is 5.96. The molecule has 4 aromatic carbocycles. The minimum atomic E-state index is -1.10. The molecule has 2 atom stereocenters. The number of benzene rings is 4. The summed E-state index contributed by atoms with van der Waals surface area (Å²) >= 11 is 0. The summed E-state index contributed by atoms with van der Waals surface area (Å²) in [5.41, 5.74) is 4.96. The third-order valence-electron chi connectivity index (χ3n) is 7.34. The van der Waals surface area contributed by atoms with Crippen molar-refractivity contribution in [3.05, 3.63) is 131 Å². The van der Waals surface area contributed by atoms with Crippen LogP contribution in [0.15, 0.2) is 103 Å². The van der Waals surface area contributed by atoms with Crippen LogP contribution >= 0.6 is 0 Å². The van der Waals surface area contributed by atoms with Crippen molar-refractivity contribution in [1.82, 2.24) is 5.32 Å². The Morgan fingerprint density at radius 3 is 2.17 bits per heavy atom. The van der Waals surface area contributed by atoms with Gasteiger partial charge in [-0.05, 0) is 77.9 Å². The quantitative estimate of drug-likeness (QED) is 0.204. The summed E-state index contributed by atoms with van der Waals surface area (Å²) < 4.78 is 17.6. The van der Waals surface area contributed by atoms with E-state index in [4.69, 9.17) is 14.2 Å². The van der Waals surface area contributed by atoms with Gasteiger partial charge in [0.1, 0.15) is 30.8 Å². The lowest BCUT2D eigenvalue weighted by atomic mass is 9.90. The molecular formula is C35H35NO6. The molecule has 0 saturated heterocycles. The molecule has 2 N–H and O–H groups in total. The lowest BCUT2D eigenvalue weighted by Gasteiger charge is -2.24. The number of amides is 1. The average Bonchev–Trinajstić information content (AvgIpc) is 3.03. The molecule has 1 unspecified atom stereocenters. The number of aliphatic carboxylic acids is 1. The van der Waals surface area contributed by atoms with Gasteiger partial charge in [0.15, 0.2) is 0 Å². The van der Waals surface area contributed by atoms with Crippen LogP contribution < -0.4 is 14.8 Å². The average molecular weight is 566 g/mol. The Morgan fingerprint density at radius 2 is 1.43 bits per heavy atom. The zero-order valence-electron chi connectivity index (χ0n) is 23.4. The second-order valence-corrected chi connectivity index (χ2v) is 10.4. The Morgan fingerprint density at radius 1 is 0.762 bits per heavy atom. The van der Waals surface area contributed by atoms with Gasteiger partial charge >= 0.3 is 5.97 Å². The summed E-state index contributed by atoms with van der Waals surface area (Å²) in [4.78, 5) is 24.7. The third-order valence-corrected chi connectivity index (χ3v) is 7.34. The van der Waals surface area contributed by atoms with Crippen molar-refractivity contribution < 1.29 is 28.9 Å². The van der Waals surface area contributed by atoms with E-state index in [1.807, 2.05) is 42.5 Å². The SMILES string of the molecule is O=C(N[C@@H](Cc1ccc(OCc2ccccc2)cc1)C(=O)O)c1ccc(OCCOC2CCc3ccccc3C2)cc1. The zero-order valence-corrected chi connectivity index (χ0v) is 23.4. The van der Waals surface area contributed by atoms with Gasteiger partial charge in [0.2, 0.25) is 0 Å². The van der Waals surface area contributed by atoms with Crippen LogP contribution in [0, 0.1) is 0 Å². The van der Waals surface area contributed by atoms with E-state index in [0.29, 0.717) is 36.9 Å². The first-order chi connectivity index (χ1) is 20.5. The van der Waals surface area contributed by atoms with Gasteiger partial charge in [-0.25, -0.2) is 4.79 Å². The molecule has 1 aliphatic carbocycles. The molecule has 0 bridgehead atoms. The summed E-state index contributed by atoms with van der Waals surface area (Å²) in [6.07, 6.45) is 3.30. The van der Waals surface area contributed by atoms with E-state index < -0.39 is 17.9 Å². The Hall–Kier alpha value is -4.62. The van der Waals surface area contributed by atoms with Gasteiger partial charge in [-0.1, -0.05) is 66.7 Å². The highest BCUT2D eigenvalue weighted by atomic mass is 16.5. The van der Waals surface area contributed by atoms with Crippen LogP contribution in [0.25, 0.3) is 0 Å². The van der Waals surface area contributed by atoms with Gasteiger partial charge in [0, 0.05) is 12.0 Å². The zero-order chi connectivity index (χ0) is 29.1. The molecular weight excluding hydrogens is 530 g/mol. The Bertz CT molecular complexity index is 1450. The number of hydrogen-bond acceptors (Lipinski definition) is 5. The van der Waals surface area contributed by atoms with Crippen LogP contribution in [-0.2, 0) is 35.4 Å². The molecule has 7 nitrogen and oxygen atoms in total. The minimum absolute atomic E-state index is 0.147. The number of hydrogen-bond donors (Lipinski definition) is 2. The number of carboxylic acid groups (broad SMARTS) is 1. The summed E-state index contributed by atoms with van der Waals surface area (Å²) in [5, 5.41) is 12.4. The molecule has 0 heterocycles. The molecule has 0 aromatic heterocycles. The number of nitrogens with one attached hydrogen (secondary N) is 1. The maximum Gasteiger partial charge on any atom is 0.326 e. The molecule has 0 saturated carbocycles. The van der Waals surface area contributed by atoms with E-state index in [1.54, 1.807) is 36.4 Å². The largest absolute Gasteiger partial charge is 0.491 e. The molecule has 42 heavy (non-hydrogen) atoms. The fourth-order valence-corrected chi connectivity index (χ4v) is 5.02. The normalized spacial score (nSPS) is 14.8. The lowest BCUT2D eigenvalue weighted by Crippen LogP contribution is -2.42. The number of carbonyl (C=O) groups is 2. The number of fused-ring (bicyclic) bond motifs is 1. The fraction of sp³-hybridized carbons (Fsp3) is 0.257. The van der Waals surface area contributed by atoms with Crippen LogP contribution in [-0.4, -0.2) is 42.3 Å². The first-order valence-corrected chi connectivity index (χ1v) is 14.2. The first-order valence-electron chi connectivity index (χ1n) is 14.2. The van der Waals surface area contributed by atoms with Crippen LogP contribution in [0.3, 0.4) is 0 Å². The van der Waals surface area contributed by atoms with Gasteiger partial charge in [0.05, 0.1) is 12.7 Å². The molecule has 4 aromatic rings. The van der Waals surface area contributed by atoms with Gasteiger partial charge in [-0.2, -0.15) is 0 Å².